The van der Waals surface area contributed by atoms with Gasteiger partial charge in [0.15, 0.2) is 0 Å². The van der Waals surface area contributed by atoms with E-state index in [1.165, 1.54) is 6.07 Å². The first-order chi connectivity index (χ1) is 10.1. The number of nitrogens with two attached hydrogens (primary N) is 1. The van der Waals surface area contributed by atoms with Gasteiger partial charge in [-0.25, -0.2) is 4.79 Å². The van der Waals surface area contributed by atoms with E-state index in [9.17, 15) is 13.9 Å². The fraction of sp³-hybridized carbons (Fsp3) is 0.462. The van der Waals surface area contributed by atoms with Gasteiger partial charge in [0.1, 0.15) is 0 Å². The summed E-state index contributed by atoms with van der Waals surface area (Å²) in [4.78, 5) is 10.5. The van der Waals surface area contributed by atoms with Crippen molar-refractivity contribution in [3.63, 3.8) is 0 Å². The van der Waals surface area contributed by atoms with Gasteiger partial charge in [-0.05, 0) is 0 Å². The Morgan fingerprint density at radius 3 is 2.27 bits per heavy atom. The maximum Gasteiger partial charge on any atom is 0.503 e. The smallest absolute Gasteiger partial charge is 0.450 e. The Bertz CT molecular complexity index is 515. The molecule has 0 amide bonds. The van der Waals surface area contributed by atoms with Crippen molar-refractivity contribution >= 4 is 45.5 Å². The van der Waals surface area contributed by atoms with Crippen LogP contribution in [-0.4, -0.2) is 65.3 Å². The van der Waals surface area contributed by atoms with E-state index in [1.54, 1.807) is 12.1 Å². The second-order valence-corrected chi connectivity index (χ2v) is 7.25. The Morgan fingerprint density at radius 1 is 1.32 bits per heavy atom. The van der Waals surface area contributed by atoms with E-state index < -0.39 is 15.4 Å². The number of rotatable bonds is 2. The summed E-state index contributed by atoms with van der Waals surface area (Å²) in [6, 6.07) is 4.62. The van der Waals surface area contributed by atoms with E-state index >= 15 is 0 Å². The van der Waals surface area contributed by atoms with Crippen molar-refractivity contribution in [2.75, 3.05) is 23.7 Å². The van der Waals surface area contributed by atoms with Gasteiger partial charge in [-0.1, -0.05) is 0 Å². The maximum absolute atomic E-state index is 13.0. The molecule has 0 atom stereocenters. The summed E-state index contributed by atoms with van der Waals surface area (Å²) in [5.74, 6) is 0. The molecule has 1 aliphatic heterocycles. The zero-order chi connectivity index (χ0) is 16.9. The second-order valence-electron chi connectivity index (χ2n) is 5.39. The van der Waals surface area contributed by atoms with Gasteiger partial charge in [0.05, 0.1) is 0 Å². The van der Waals surface area contributed by atoms with Crippen LogP contribution >= 0.6 is 0 Å². The van der Waals surface area contributed by atoms with Crippen LogP contribution < -0.4 is 10.6 Å². The molecule has 9 heteroatoms. The minimum absolute atomic E-state index is 0.0196. The van der Waals surface area contributed by atoms with Crippen LogP contribution in [0.2, 0.25) is 0 Å². The number of aliphatic hydroxyl groups is 1. The Labute approximate surface area is 143 Å². The van der Waals surface area contributed by atoms with Crippen molar-refractivity contribution in [1.29, 1.82) is 0 Å². The standard InChI is InChI=1S/C12H15F2N2O.CH2O3.Na/c13-12(14)10-7-8(15)1-2-11(10)16-5-3-9(17)4-6-16;2-1(3)4;/h1-2,7,12,17H,3-6,15H2;(H2,2,3,4);. The van der Waals surface area contributed by atoms with Crippen LogP contribution in [-0.2, 0) is 0 Å². The quantitative estimate of drug-likeness (QED) is 0.488. The summed E-state index contributed by atoms with van der Waals surface area (Å²) in [6.07, 6.45) is -3.07. The minimum Gasteiger partial charge on any atom is -0.450 e. The van der Waals surface area contributed by atoms with E-state index in [0.717, 1.165) is 27.9 Å². The Hall–Kier alpha value is -1.09. The Kier molecular flexibility index (Phi) is 6.86. The zero-order valence-electron chi connectivity index (χ0n) is 12.2. The average molecular weight is 326 g/mol. The summed E-state index contributed by atoms with van der Waals surface area (Å²) >= 11 is 0.718. The molecule has 1 aromatic rings. The molecule has 0 saturated carbocycles. The van der Waals surface area contributed by atoms with Crippen molar-refractivity contribution in [2.24, 2.45) is 0 Å². The van der Waals surface area contributed by atoms with Crippen molar-refractivity contribution in [3.05, 3.63) is 23.8 Å². The molecule has 118 valence electrons. The molecule has 0 unspecified atom stereocenters. The topological polar surface area (TPSA) is 107 Å². The van der Waals surface area contributed by atoms with Gasteiger partial charge < -0.3 is 10.2 Å². The maximum atomic E-state index is 13.0. The number of nitrogen functional groups attached to an aromatic ring is 1. The van der Waals surface area contributed by atoms with E-state index in [-0.39, 0.29) is 5.56 Å². The summed E-state index contributed by atoms with van der Waals surface area (Å²) < 4.78 is 25.4. The predicted octanol–water partition coefficient (Wildman–Crippen LogP) is 1.89. The molecule has 2 rings (SSSR count). The van der Waals surface area contributed by atoms with Gasteiger partial charge in [0, 0.05) is 0 Å². The first-order valence-corrected chi connectivity index (χ1v) is 7.69. The van der Waals surface area contributed by atoms with Crippen molar-refractivity contribution in [2.45, 2.75) is 22.1 Å². The van der Waals surface area contributed by atoms with Crippen LogP contribution in [0.3, 0.4) is 0 Å². The van der Waals surface area contributed by atoms with E-state index in [1.807, 2.05) is 4.90 Å². The number of halogens is 2. The van der Waals surface area contributed by atoms with Crippen LogP contribution in [0.1, 0.15) is 24.8 Å². The number of anilines is 2. The normalized spacial score (nSPS) is 16.9. The molecule has 0 aliphatic carbocycles. The fourth-order valence-electron chi connectivity index (χ4n) is 2.27. The first kappa shape index (κ1) is 19.0. The average Bonchev–Trinajstić information content (AvgIpc) is 2.38. The largest absolute Gasteiger partial charge is 0.503 e. The van der Waals surface area contributed by atoms with E-state index in [0.29, 0.717) is 37.3 Å². The first-order valence-electron chi connectivity index (χ1n) is 6.69. The molecule has 1 aliphatic rings. The molecule has 6 nitrogen and oxygen atoms in total. The van der Waals surface area contributed by atoms with Crippen molar-refractivity contribution in [1.82, 2.24) is 0 Å². The van der Waals surface area contributed by atoms with Gasteiger partial charge in [0.2, 0.25) is 0 Å². The van der Waals surface area contributed by atoms with Crippen LogP contribution in [0.25, 0.3) is 0 Å². The molecule has 0 bridgehead atoms. The summed E-state index contributed by atoms with van der Waals surface area (Å²) in [7, 11) is 0. The molecule has 1 saturated heterocycles. The van der Waals surface area contributed by atoms with Crippen LogP contribution in [0.4, 0.5) is 25.0 Å². The van der Waals surface area contributed by atoms with Crippen LogP contribution in [0.15, 0.2) is 18.2 Å². The number of hydrogen-bond donors (Lipinski definition) is 4. The molecule has 1 fully saturated rings. The summed E-state index contributed by atoms with van der Waals surface area (Å²) in [6.45, 7) is 1.23. The fourth-order valence-corrected chi connectivity index (χ4v) is 2.71. The molecule has 22 heavy (non-hydrogen) atoms. The van der Waals surface area contributed by atoms with E-state index in [4.69, 9.17) is 20.7 Å². The minimum atomic E-state index is -2.53. The van der Waals surface area contributed by atoms with Crippen LogP contribution in [0.5, 0.6) is 0 Å². The number of carbonyl (C=O) groups is 1. The number of benzene rings is 1. The molecule has 0 radical (unpaired) electrons. The Balaban J connectivity index is 0.000000541. The van der Waals surface area contributed by atoms with Crippen molar-refractivity contribution < 1.29 is 28.9 Å². The molecule has 1 heterocycles. The van der Waals surface area contributed by atoms with Gasteiger partial charge in [-0.15, -0.1) is 0 Å². The number of alkyl halides is 2. The van der Waals surface area contributed by atoms with Crippen molar-refractivity contribution in [3.8, 4) is 0 Å². The summed E-state index contributed by atoms with van der Waals surface area (Å²) in [5.41, 5.74) is 6.42. The van der Waals surface area contributed by atoms with E-state index in [2.05, 4.69) is 0 Å². The number of nitrogens with zero attached hydrogens (tertiary/aromatic N) is 1. The Morgan fingerprint density at radius 2 is 1.82 bits per heavy atom. The van der Waals surface area contributed by atoms with Gasteiger partial charge >= 0.3 is 129 Å². The van der Waals surface area contributed by atoms with Gasteiger partial charge in [-0.3, -0.25) is 0 Å². The SMILES string of the molecule is Nc1ccc(N2CC[C](O)([Na])CC2)c(C(F)F)c1.O=C(O)O. The van der Waals surface area contributed by atoms with Gasteiger partial charge in [-0.2, -0.15) is 0 Å². The molecule has 0 spiro atoms. The third kappa shape index (κ3) is 5.96. The predicted molar refractivity (Wildman–Crippen MR) is 78.6 cm³/mol. The molecule has 5 N–H and O–H groups in total. The molecular formula is C13H17F2N2NaO4. The number of piperidine rings is 1. The third-order valence-corrected chi connectivity index (χ3v) is 4.47. The molecule has 1 aromatic carbocycles. The zero-order valence-corrected chi connectivity index (χ0v) is 14.2. The van der Waals surface area contributed by atoms with Gasteiger partial charge in [0.25, 0.3) is 0 Å². The second kappa shape index (κ2) is 7.96. The summed E-state index contributed by atoms with van der Waals surface area (Å²) in [5, 5.41) is 23.9. The number of hydrogen-bond acceptors (Lipinski definition) is 4. The monoisotopic (exact) mass is 326 g/mol. The number of carboxylic acid groups (broad SMARTS) is 2. The molecular weight excluding hydrogens is 309 g/mol. The third-order valence-electron chi connectivity index (χ3n) is 3.47. The molecule has 0 aromatic heterocycles. The van der Waals surface area contributed by atoms with Crippen LogP contribution in [0, 0.1) is 0 Å².